The van der Waals surface area contributed by atoms with E-state index >= 15 is 0 Å². The maximum absolute atomic E-state index is 5.79. The van der Waals surface area contributed by atoms with Crippen molar-refractivity contribution in [2.24, 2.45) is 11.1 Å². The summed E-state index contributed by atoms with van der Waals surface area (Å²) in [4.78, 5) is 1.19. The number of rotatable bonds is 6. The van der Waals surface area contributed by atoms with Gasteiger partial charge < -0.3 is 10.5 Å². The second-order valence-electron chi connectivity index (χ2n) is 4.62. The normalized spacial score (nSPS) is 11.5. The largest absolute Gasteiger partial charge is 0.492 e. The minimum atomic E-state index is 0.161. The second kappa shape index (κ2) is 6.16. The van der Waals surface area contributed by atoms with Gasteiger partial charge in [-0.2, -0.15) is 0 Å². The van der Waals surface area contributed by atoms with E-state index < -0.39 is 0 Å². The van der Waals surface area contributed by atoms with Gasteiger partial charge >= 0.3 is 0 Å². The van der Waals surface area contributed by atoms with E-state index in [-0.39, 0.29) is 5.41 Å². The summed E-state index contributed by atoms with van der Waals surface area (Å²) in [6, 6.07) is 8.13. The molecule has 2 nitrogen and oxygen atoms in total. The molecule has 0 aromatic heterocycles. The maximum atomic E-state index is 5.79. The first-order valence-electron chi connectivity index (χ1n) is 5.55. The third kappa shape index (κ3) is 4.06. The van der Waals surface area contributed by atoms with E-state index in [2.05, 4.69) is 26.2 Å². The van der Waals surface area contributed by atoms with Crippen LogP contribution in [0.3, 0.4) is 0 Å². The number of ether oxygens (including phenoxy) is 1. The Hall–Kier alpha value is -0.670. The van der Waals surface area contributed by atoms with Crippen LogP contribution in [-0.4, -0.2) is 19.4 Å². The van der Waals surface area contributed by atoms with Crippen LogP contribution < -0.4 is 10.5 Å². The van der Waals surface area contributed by atoms with Crippen molar-refractivity contribution in [2.75, 3.05) is 19.4 Å². The van der Waals surface area contributed by atoms with Crippen LogP contribution in [0.25, 0.3) is 0 Å². The topological polar surface area (TPSA) is 35.2 Å². The molecule has 0 saturated heterocycles. The lowest BCUT2D eigenvalue weighted by Crippen LogP contribution is -2.25. The Morgan fingerprint density at radius 3 is 2.62 bits per heavy atom. The van der Waals surface area contributed by atoms with E-state index in [9.17, 15) is 0 Å². The van der Waals surface area contributed by atoms with Crippen molar-refractivity contribution in [3.8, 4) is 5.75 Å². The summed E-state index contributed by atoms with van der Waals surface area (Å²) < 4.78 is 5.79. The summed E-state index contributed by atoms with van der Waals surface area (Å²) in [6.45, 7) is 5.75. The van der Waals surface area contributed by atoms with Gasteiger partial charge in [-0.3, -0.25) is 0 Å². The summed E-state index contributed by atoms with van der Waals surface area (Å²) in [5.74, 6) is 0.975. The highest BCUT2D eigenvalue weighted by Crippen LogP contribution is 2.27. The van der Waals surface area contributed by atoms with Crippen LogP contribution in [-0.2, 0) is 0 Å². The van der Waals surface area contributed by atoms with Gasteiger partial charge in [-0.15, -0.1) is 11.8 Å². The molecule has 2 N–H and O–H groups in total. The van der Waals surface area contributed by atoms with Crippen molar-refractivity contribution in [3.63, 3.8) is 0 Å². The van der Waals surface area contributed by atoms with Crippen LogP contribution >= 0.6 is 11.8 Å². The van der Waals surface area contributed by atoms with Gasteiger partial charge in [-0.25, -0.2) is 0 Å². The summed E-state index contributed by atoms with van der Waals surface area (Å²) >= 11 is 1.71. The molecular weight excluding hydrogens is 218 g/mol. The standard InChI is InChI=1S/C13H21NOS/c1-13(2,10-14)8-9-15-11-6-4-5-7-12(11)16-3/h4-7H,8-10,14H2,1-3H3. The Morgan fingerprint density at radius 1 is 1.31 bits per heavy atom. The molecule has 0 bridgehead atoms. The third-order valence-corrected chi connectivity index (χ3v) is 3.44. The fraction of sp³-hybridized carbons (Fsp3) is 0.538. The highest BCUT2D eigenvalue weighted by atomic mass is 32.2. The van der Waals surface area contributed by atoms with Crippen LogP contribution in [0.5, 0.6) is 5.75 Å². The first kappa shape index (κ1) is 13.4. The molecule has 1 aromatic carbocycles. The van der Waals surface area contributed by atoms with E-state index in [4.69, 9.17) is 10.5 Å². The molecule has 1 aromatic rings. The monoisotopic (exact) mass is 239 g/mol. The lowest BCUT2D eigenvalue weighted by molar-refractivity contribution is 0.230. The smallest absolute Gasteiger partial charge is 0.132 e. The van der Waals surface area contributed by atoms with Gasteiger partial charge in [0, 0.05) is 4.90 Å². The lowest BCUT2D eigenvalue weighted by atomic mass is 9.90. The molecule has 0 saturated carbocycles. The molecule has 0 aliphatic heterocycles. The minimum absolute atomic E-state index is 0.161. The molecule has 0 spiro atoms. The summed E-state index contributed by atoms with van der Waals surface area (Å²) in [6.07, 6.45) is 3.04. The first-order valence-corrected chi connectivity index (χ1v) is 6.77. The SMILES string of the molecule is CSc1ccccc1OCCC(C)(C)CN. The van der Waals surface area contributed by atoms with Crippen molar-refractivity contribution in [1.29, 1.82) is 0 Å². The fourth-order valence-electron chi connectivity index (χ4n) is 1.28. The minimum Gasteiger partial charge on any atom is -0.492 e. The number of benzene rings is 1. The third-order valence-electron chi connectivity index (χ3n) is 2.66. The zero-order chi connectivity index (χ0) is 12.0. The van der Waals surface area contributed by atoms with Crippen molar-refractivity contribution < 1.29 is 4.74 Å². The molecule has 0 unspecified atom stereocenters. The molecule has 0 fully saturated rings. The molecule has 0 atom stereocenters. The lowest BCUT2D eigenvalue weighted by Gasteiger charge is -2.22. The molecule has 0 aliphatic carbocycles. The molecule has 0 amide bonds. The van der Waals surface area contributed by atoms with Gasteiger partial charge in [0.15, 0.2) is 0 Å². The van der Waals surface area contributed by atoms with Crippen LogP contribution in [0.4, 0.5) is 0 Å². The number of hydrogen-bond acceptors (Lipinski definition) is 3. The predicted octanol–water partition coefficient (Wildman–Crippen LogP) is 3.16. The average molecular weight is 239 g/mol. The molecular formula is C13H21NOS. The second-order valence-corrected chi connectivity index (χ2v) is 5.47. The number of hydrogen-bond donors (Lipinski definition) is 1. The van der Waals surface area contributed by atoms with E-state index in [0.29, 0.717) is 6.54 Å². The van der Waals surface area contributed by atoms with E-state index in [1.165, 1.54) is 4.90 Å². The Morgan fingerprint density at radius 2 is 2.00 bits per heavy atom. The first-order chi connectivity index (χ1) is 7.59. The maximum Gasteiger partial charge on any atom is 0.132 e. The van der Waals surface area contributed by atoms with Gasteiger partial charge in [-0.1, -0.05) is 26.0 Å². The van der Waals surface area contributed by atoms with Gasteiger partial charge in [0.05, 0.1) is 6.61 Å². The molecule has 16 heavy (non-hydrogen) atoms. The number of thioether (sulfide) groups is 1. The Labute approximate surface area is 103 Å². The van der Waals surface area contributed by atoms with Gasteiger partial charge in [0.2, 0.25) is 0 Å². The van der Waals surface area contributed by atoms with Crippen LogP contribution in [0.1, 0.15) is 20.3 Å². The summed E-state index contributed by atoms with van der Waals surface area (Å²) in [5, 5.41) is 0. The van der Waals surface area contributed by atoms with Crippen molar-refractivity contribution in [3.05, 3.63) is 24.3 Å². The van der Waals surface area contributed by atoms with Crippen molar-refractivity contribution >= 4 is 11.8 Å². The Balaban J connectivity index is 2.49. The molecule has 3 heteroatoms. The fourth-order valence-corrected chi connectivity index (χ4v) is 1.82. The molecule has 1 rings (SSSR count). The zero-order valence-corrected chi connectivity index (χ0v) is 11.1. The molecule has 0 aliphatic rings. The number of para-hydroxylation sites is 1. The highest BCUT2D eigenvalue weighted by Gasteiger charge is 2.15. The van der Waals surface area contributed by atoms with E-state index in [1.807, 2.05) is 18.2 Å². The summed E-state index contributed by atoms with van der Waals surface area (Å²) in [5.41, 5.74) is 5.84. The van der Waals surface area contributed by atoms with Crippen molar-refractivity contribution in [1.82, 2.24) is 0 Å². The summed E-state index contributed by atoms with van der Waals surface area (Å²) in [7, 11) is 0. The van der Waals surface area contributed by atoms with Crippen LogP contribution in [0.15, 0.2) is 29.2 Å². The van der Waals surface area contributed by atoms with Crippen molar-refractivity contribution in [2.45, 2.75) is 25.2 Å². The number of nitrogens with two attached hydrogens (primary N) is 1. The van der Waals surface area contributed by atoms with Gasteiger partial charge in [0.1, 0.15) is 5.75 Å². The molecule has 0 heterocycles. The predicted molar refractivity (Wildman–Crippen MR) is 71.2 cm³/mol. The average Bonchev–Trinajstić information content (AvgIpc) is 2.29. The quantitative estimate of drug-likeness (QED) is 0.774. The van der Waals surface area contributed by atoms with Crippen LogP contribution in [0.2, 0.25) is 0 Å². The van der Waals surface area contributed by atoms with Gasteiger partial charge in [-0.05, 0) is 36.8 Å². The zero-order valence-electron chi connectivity index (χ0n) is 10.3. The Bertz CT molecular complexity index is 325. The molecule has 0 radical (unpaired) electrons. The highest BCUT2D eigenvalue weighted by molar-refractivity contribution is 7.98. The molecule has 90 valence electrons. The Kier molecular flexibility index (Phi) is 5.16. The van der Waals surface area contributed by atoms with E-state index in [1.54, 1.807) is 11.8 Å². The van der Waals surface area contributed by atoms with E-state index in [0.717, 1.165) is 18.8 Å². The van der Waals surface area contributed by atoms with Crippen LogP contribution in [0, 0.1) is 5.41 Å². The van der Waals surface area contributed by atoms with Gasteiger partial charge in [0.25, 0.3) is 0 Å².